The van der Waals surface area contributed by atoms with Crippen LogP contribution in [-0.4, -0.2) is 17.1 Å². The summed E-state index contributed by atoms with van der Waals surface area (Å²) in [6, 6.07) is 3.70. The zero-order valence-corrected chi connectivity index (χ0v) is 11.4. The van der Waals surface area contributed by atoms with Crippen molar-refractivity contribution in [1.82, 2.24) is 5.32 Å². The van der Waals surface area contributed by atoms with Gasteiger partial charge in [-0.25, -0.2) is 4.39 Å². The molecule has 1 atom stereocenters. The van der Waals surface area contributed by atoms with Gasteiger partial charge in [0, 0.05) is 12.1 Å². The van der Waals surface area contributed by atoms with Gasteiger partial charge in [-0.3, -0.25) is 4.79 Å². The van der Waals surface area contributed by atoms with Crippen LogP contribution in [-0.2, 0) is 0 Å². The van der Waals surface area contributed by atoms with E-state index in [-0.39, 0.29) is 22.8 Å². The van der Waals surface area contributed by atoms with Crippen molar-refractivity contribution in [3.63, 3.8) is 0 Å². The Labute approximate surface area is 112 Å². The number of hydrogen-bond acceptors (Lipinski definition) is 2. The van der Waals surface area contributed by atoms with Crippen LogP contribution < -0.4 is 5.32 Å². The van der Waals surface area contributed by atoms with E-state index in [1.165, 1.54) is 12.1 Å². The third-order valence-corrected chi connectivity index (χ3v) is 3.74. The fourth-order valence-electron chi connectivity index (χ4n) is 2.77. The van der Waals surface area contributed by atoms with Gasteiger partial charge in [0.2, 0.25) is 0 Å². The number of phenols is 1. The minimum Gasteiger partial charge on any atom is -0.508 e. The third-order valence-electron chi connectivity index (χ3n) is 3.74. The highest BCUT2D eigenvalue weighted by atomic mass is 19.1. The van der Waals surface area contributed by atoms with Gasteiger partial charge in [-0.1, -0.05) is 20.3 Å². The fourth-order valence-corrected chi connectivity index (χ4v) is 2.77. The zero-order valence-electron chi connectivity index (χ0n) is 11.4. The molecule has 0 spiro atoms. The number of hydrogen-bond donors (Lipinski definition) is 2. The molecule has 1 aliphatic rings. The molecule has 0 aliphatic heterocycles. The zero-order chi connectivity index (χ0) is 14.0. The van der Waals surface area contributed by atoms with Crippen LogP contribution in [0.15, 0.2) is 18.2 Å². The van der Waals surface area contributed by atoms with E-state index >= 15 is 0 Å². The highest BCUT2D eigenvalue weighted by molar-refractivity contribution is 5.94. The van der Waals surface area contributed by atoms with Crippen molar-refractivity contribution in [1.29, 1.82) is 0 Å². The molecule has 4 heteroatoms. The molecule has 2 N–H and O–H groups in total. The predicted molar refractivity (Wildman–Crippen MR) is 71.6 cm³/mol. The fraction of sp³-hybridized carbons (Fsp3) is 0.533. The van der Waals surface area contributed by atoms with Gasteiger partial charge in [0.1, 0.15) is 11.6 Å². The minimum atomic E-state index is -0.687. The summed E-state index contributed by atoms with van der Waals surface area (Å²) in [6.07, 6.45) is 4.09. The number of rotatable bonds is 2. The first-order valence-corrected chi connectivity index (χ1v) is 6.67. The Balaban J connectivity index is 2.04. The number of amides is 1. The second kappa shape index (κ2) is 5.19. The summed E-state index contributed by atoms with van der Waals surface area (Å²) in [5.74, 6) is -1.26. The van der Waals surface area contributed by atoms with Gasteiger partial charge in [0.15, 0.2) is 0 Å². The molecule has 1 aromatic rings. The third kappa shape index (κ3) is 3.46. The van der Waals surface area contributed by atoms with Crippen LogP contribution in [0.25, 0.3) is 0 Å². The Morgan fingerprint density at radius 3 is 2.84 bits per heavy atom. The van der Waals surface area contributed by atoms with Gasteiger partial charge in [-0.15, -0.1) is 0 Å². The summed E-state index contributed by atoms with van der Waals surface area (Å²) >= 11 is 0. The van der Waals surface area contributed by atoms with Gasteiger partial charge in [-0.05, 0) is 36.8 Å². The maximum atomic E-state index is 13.6. The molecule has 1 unspecified atom stereocenters. The maximum Gasteiger partial charge on any atom is 0.254 e. The normalized spacial score (nSPS) is 21.9. The molecular formula is C15H20FNO2. The van der Waals surface area contributed by atoms with Crippen LogP contribution >= 0.6 is 0 Å². The predicted octanol–water partition coefficient (Wildman–Crippen LogP) is 3.23. The van der Waals surface area contributed by atoms with Crippen molar-refractivity contribution < 1.29 is 14.3 Å². The molecule has 1 aromatic carbocycles. The first-order chi connectivity index (χ1) is 8.87. The van der Waals surface area contributed by atoms with E-state index in [0.29, 0.717) is 0 Å². The number of halogens is 1. The van der Waals surface area contributed by atoms with Gasteiger partial charge < -0.3 is 10.4 Å². The average Bonchev–Trinajstić information content (AvgIpc) is 2.27. The Hall–Kier alpha value is -1.58. The van der Waals surface area contributed by atoms with E-state index in [1.54, 1.807) is 0 Å². The SMILES string of the molecule is CC1(C)CCCC(NC(=O)c2ccc(O)cc2F)C1. The van der Waals surface area contributed by atoms with Crippen molar-refractivity contribution in [3.05, 3.63) is 29.6 Å². The van der Waals surface area contributed by atoms with Crippen LogP contribution in [0.5, 0.6) is 5.75 Å². The van der Waals surface area contributed by atoms with Crippen LogP contribution in [0.3, 0.4) is 0 Å². The molecule has 1 saturated carbocycles. The quantitative estimate of drug-likeness (QED) is 0.862. The Bertz CT molecular complexity index is 485. The smallest absolute Gasteiger partial charge is 0.254 e. The summed E-state index contributed by atoms with van der Waals surface area (Å²) in [5.41, 5.74) is 0.213. The molecule has 1 aliphatic carbocycles. The van der Waals surface area contributed by atoms with Crippen LogP contribution in [0.2, 0.25) is 0 Å². The number of aromatic hydroxyl groups is 1. The standard InChI is InChI=1S/C15H20FNO2/c1-15(2)7-3-4-10(9-15)17-14(19)12-6-5-11(18)8-13(12)16/h5-6,8,10,18H,3-4,7,9H2,1-2H3,(H,17,19). The van der Waals surface area contributed by atoms with Crippen molar-refractivity contribution in [2.45, 2.75) is 45.6 Å². The molecule has 19 heavy (non-hydrogen) atoms. The topological polar surface area (TPSA) is 49.3 Å². The lowest BCUT2D eigenvalue weighted by atomic mass is 9.75. The molecule has 1 fully saturated rings. The second-order valence-corrected chi connectivity index (χ2v) is 6.10. The molecular weight excluding hydrogens is 245 g/mol. The lowest BCUT2D eigenvalue weighted by Gasteiger charge is -2.35. The lowest BCUT2D eigenvalue weighted by molar-refractivity contribution is 0.0898. The van der Waals surface area contributed by atoms with Gasteiger partial charge >= 0.3 is 0 Å². The molecule has 0 radical (unpaired) electrons. The number of benzene rings is 1. The largest absolute Gasteiger partial charge is 0.508 e. The molecule has 1 amide bonds. The maximum absolute atomic E-state index is 13.6. The van der Waals surface area contributed by atoms with Crippen molar-refractivity contribution in [3.8, 4) is 5.75 Å². The van der Waals surface area contributed by atoms with E-state index in [4.69, 9.17) is 5.11 Å². The van der Waals surface area contributed by atoms with Crippen molar-refractivity contribution >= 4 is 5.91 Å². The summed E-state index contributed by atoms with van der Waals surface area (Å²) < 4.78 is 13.6. The summed E-state index contributed by atoms with van der Waals surface area (Å²) in [6.45, 7) is 4.37. The van der Waals surface area contributed by atoms with E-state index in [9.17, 15) is 9.18 Å². The molecule has 0 heterocycles. The molecule has 3 nitrogen and oxygen atoms in total. The number of nitrogens with one attached hydrogen (secondary N) is 1. The first kappa shape index (κ1) is 13.8. The van der Waals surface area contributed by atoms with Gasteiger partial charge in [-0.2, -0.15) is 0 Å². The minimum absolute atomic E-state index is 0.0128. The van der Waals surface area contributed by atoms with E-state index in [2.05, 4.69) is 19.2 Å². The second-order valence-electron chi connectivity index (χ2n) is 6.10. The Kier molecular flexibility index (Phi) is 3.78. The van der Waals surface area contributed by atoms with Crippen LogP contribution in [0, 0.1) is 11.2 Å². The molecule has 0 bridgehead atoms. The Morgan fingerprint density at radius 1 is 1.47 bits per heavy atom. The van der Waals surface area contributed by atoms with Crippen molar-refractivity contribution in [2.24, 2.45) is 5.41 Å². The summed E-state index contributed by atoms with van der Waals surface area (Å²) in [7, 11) is 0. The van der Waals surface area contributed by atoms with E-state index in [0.717, 1.165) is 31.7 Å². The highest BCUT2D eigenvalue weighted by Gasteiger charge is 2.29. The monoisotopic (exact) mass is 265 g/mol. The van der Waals surface area contributed by atoms with E-state index < -0.39 is 11.7 Å². The summed E-state index contributed by atoms with van der Waals surface area (Å²) in [5, 5.41) is 12.0. The van der Waals surface area contributed by atoms with Crippen LogP contribution in [0.4, 0.5) is 4.39 Å². The van der Waals surface area contributed by atoms with Crippen molar-refractivity contribution in [2.75, 3.05) is 0 Å². The molecule has 2 rings (SSSR count). The van der Waals surface area contributed by atoms with Crippen LogP contribution in [0.1, 0.15) is 49.9 Å². The lowest BCUT2D eigenvalue weighted by Crippen LogP contribution is -2.40. The average molecular weight is 265 g/mol. The highest BCUT2D eigenvalue weighted by Crippen LogP contribution is 2.35. The Morgan fingerprint density at radius 2 is 2.21 bits per heavy atom. The molecule has 104 valence electrons. The number of phenolic OH excluding ortho intramolecular Hbond substituents is 1. The number of carbonyl (C=O) groups excluding carboxylic acids is 1. The first-order valence-electron chi connectivity index (χ1n) is 6.67. The molecule has 0 saturated heterocycles. The number of carbonyl (C=O) groups is 1. The van der Waals surface area contributed by atoms with Gasteiger partial charge in [0.05, 0.1) is 5.56 Å². The van der Waals surface area contributed by atoms with Gasteiger partial charge in [0.25, 0.3) is 5.91 Å². The van der Waals surface area contributed by atoms with E-state index in [1.807, 2.05) is 0 Å². The summed E-state index contributed by atoms with van der Waals surface area (Å²) in [4.78, 5) is 12.0. The molecule has 0 aromatic heterocycles.